The lowest BCUT2D eigenvalue weighted by Gasteiger charge is -2.26. The third-order valence-electron chi connectivity index (χ3n) is 4.71. The van der Waals surface area contributed by atoms with Crippen LogP contribution in [-0.2, 0) is 0 Å². The summed E-state index contributed by atoms with van der Waals surface area (Å²) in [6, 6.07) is 10.3. The van der Waals surface area contributed by atoms with Gasteiger partial charge in [-0.1, -0.05) is 24.6 Å². The van der Waals surface area contributed by atoms with E-state index < -0.39 is 6.10 Å². The predicted octanol–water partition coefficient (Wildman–Crippen LogP) is 3.59. The van der Waals surface area contributed by atoms with Crippen LogP contribution in [0.2, 0.25) is 0 Å². The first-order valence-electron chi connectivity index (χ1n) is 9.67. The smallest absolute Gasteiger partial charge is 0.191 e. The van der Waals surface area contributed by atoms with Gasteiger partial charge in [0.15, 0.2) is 5.96 Å². The minimum absolute atomic E-state index is 0. The van der Waals surface area contributed by atoms with E-state index in [1.165, 1.54) is 42.4 Å². The van der Waals surface area contributed by atoms with Gasteiger partial charge in [-0.3, -0.25) is 4.99 Å². The molecule has 1 aromatic heterocycles. The first kappa shape index (κ1) is 22.4. The predicted molar refractivity (Wildman–Crippen MR) is 126 cm³/mol. The van der Waals surface area contributed by atoms with Gasteiger partial charge in [0.1, 0.15) is 6.10 Å². The number of piperidine rings is 1. The van der Waals surface area contributed by atoms with Gasteiger partial charge in [0, 0.05) is 29.2 Å². The van der Waals surface area contributed by atoms with Gasteiger partial charge in [0.2, 0.25) is 0 Å². The molecule has 0 spiro atoms. The normalized spacial score (nSPS) is 16.7. The van der Waals surface area contributed by atoms with Crippen LogP contribution < -0.4 is 10.6 Å². The first-order chi connectivity index (χ1) is 12.8. The van der Waals surface area contributed by atoms with Gasteiger partial charge < -0.3 is 20.6 Å². The summed E-state index contributed by atoms with van der Waals surface area (Å²) in [5.74, 6) is 0.782. The van der Waals surface area contributed by atoms with Crippen molar-refractivity contribution in [2.24, 2.45) is 4.99 Å². The Morgan fingerprint density at radius 2 is 2.00 bits per heavy atom. The number of hydrogen-bond acceptors (Lipinski definition) is 4. The minimum Gasteiger partial charge on any atom is -0.386 e. The Morgan fingerprint density at radius 3 is 2.74 bits per heavy atom. The molecule has 1 aliphatic rings. The fourth-order valence-electron chi connectivity index (χ4n) is 3.29. The van der Waals surface area contributed by atoms with E-state index in [0.717, 1.165) is 30.5 Å². The second kappa shape index (κ2) is 11.8. The van der Waals surface area contributed by atoms with Gasteiger partial charge in [0.25, 0.3) is 0 Å². The Hall–Kier alpha value is -0.900. The van der Waals surface area contributed by atoms with Gasteiger partial charge in [0.05, 0.1) is 6.54 Å². The Balaban J connectivity index is 0.00000261. The fourth-order valence-corrected chi connectivity index (χ4v) is 4.33. The minimum atomic E-state index is -0.565. The monoisotopic (exact) mass is 502 g/mol. The number of nitrogens with zero attached hydrogens (tertiary/aromatic N) is 2. The molecule has 27 heavy (non-hydrogen) atoms. The number of nitrogens with one attached hydrogen (secondary N) is 2. The van der Waals surface area contributed by atoms with Crippen molar-refractivity contribution in [2.75, 3.05) is 39.3 Å². The van der Waals surface area contributed by atoms with Crippen LogP contribution in [0.1, 0.15) is 37.2 Å². The molecule has 3 rings (SSSR count). The van der Waals surface area contributed by atoms with Crippen LogP contribution in [0.25, 0.3) is 10.1 Å². The lowest BCUT2D eigenvalue weighted by Crippen LogP contribution is -2.42. The third kappa shape index (κ3) is 6.89. The summed E-state index contributed by atoms with van der Waals surface area (Å²) in [6.45, 7) is 7.58. The summed E-state index contributed by atoms with van der Waals surface area (Å²) in [5, 5.41) is 18.3. The quantitative estimate of drug-likeness (QED) is 0.308. The van der Waals surface area contributed by atoms with Crippen molar-refractivity contribution in [3.05, 3.63) is 35.2 Å². The van der Waals surface area contributed by atoms with Crippen molar-refractivity contribution < 1.29 is 5.11 Å². The van der Waals surface area contributed by atoms with E-state index in [1.807, 2.05) is 12.1 Å². The van der Waals surface area contributed by atoms with Crippen molar-refractivity contribution >= 4 is 51.4 Å². The second-order valence-electron chi connectivity index (χ2n) is 6.75. The average molecular weight is 502 g/mol. The highest BCUT2D eigenvalue weighted by atomic mass is 127. The molecule has 0 bridgehead atoms. The molecule has 150 valence electrons. The van der Waals surface area contributed by atoms with E-state index >= 15 is 0 Å². The number of halogens is 1. The van der Waals surface area contributed by atoms with Crippen molar-refractivity contribution in [3.63, 3.8) is 0 Å². The number of aliphatic hydroxyl groups is 1. The van der Waals surface area contributed by atoms with Crippen molar-refractivity contribution in [1.82, 2.24) is 15.5 Å². The summed E-state index contributed by atoms with van der Waals surface area (Å²) in [5.41, 5.74) is 0. The number of likely N-dealkylation sites (tertiary alicyclic amines) is 1. The van der Waals surface area contributed by atoms with Gasteiger partial charge in [-0.25, -0.2) is 0 Å². The number of hydrogen-bond donors (Lipinski definition) is 3. The van der Waals surface area contributed by atoms with E-state index in [2.05, 4.69) is 45.6 Å². The molecule has 1 unspecified atom stereocenters. The maximum atomic E-state index is 10.5. The molecule has 0 aliphatic carbocycles. The highest BCUT2D eigenvalue weighted by Crippen LogP contribution is 2.29. The van der Waals surface area contributed by atoms with Crippen LogP contribution in [0.3, 0.4) is 0 Å². The van der Waals surface area contributed by atoms with Gasteiger partial charge >= 0.3 is 0 Å². The highest BCUT2D eigenvalue weighted by molar-refractivity contribution is 14.0. The van der Waals surface area contributed by atoms with E-state index in [4.69, 9.17) is 0 Å². The highest BCUT2D eigenvalue weighted by Gasteiger charge is 2.12. The molecule has 3 N–H and O–H groups in total. The number of fused-ring (bicyclic) bond motifs is 1. The SMILES string of the molecule is CCNC(=NCC(O)c1cc2ccccc2s1)NCCN1CCCCC1.I. The second-order valence-corrected chi connectivity index (χ2v) is 7.87. The zero-order chi connectivity index (χ0) is 18.2. The fraction of sp³-hybridized carbons (Fsp3) is 0.550. The zero-order valence-electron chi connectivity index (χ0n) is 16.0. The molecular formula is C20H31IN4OS. The number of aliphatic hydroxyl groups excluding tert-OH is 1. The molecule has 1 aliphatic heterocycles. The molecule has 2 heterocycles. The Labute approximate surface area is 183 Å². The molecule has 2 aromatic rings. The summed E-state index contributed by atoms with van der Waals surface area (Å²) in [6.07, 6.45) is 3.43. The van der Waals surface area contributed by atoms with Crippen LogP contribution in [0.5, 0.6) is 0 Å². The first-order valence-corrected chi connectivity index (χ1v) is 10.5. The molecule has 1 aromatic carbocycles. The number of rotatable bonds is 7. The molecule has 0 saturated carbocycles. The zero-order valence-corrected chi connectivity index (χ0v) is 19.1. The van der Waals surface area contributed by atoms with Crippen molar-refractivity contribution in [1.29, 1.82) is 0 Å². The Morgan fingerprint density at radius 1 is 1.22 bits per heavy atom. The molecule has 1 fully saturated rings. The topological polar surface area (TPSA) is 59.9 Å². The lowest BCUT2D eigenvalue weighted by atomic mass is 10.1. The summed E-state index contributed by atoms with van der Waals surface area (Å²) in [4.78, 5) is 8.05. The maximum absolute atomic E-state index is 10.5. The average Bonchev–Trinajstić information content (AvgIpc) is 3.11. The molecule has 1 atom stereocenters. The summed E-state index contributed by atoms with van der Waals surface area (Å²) >= 11 is 1.64. The van der Waals surface area contributed by atoms with E-state index in [9.17, 15) is 5.11 Å². The maximum Gasteiger partial charge on any atom is 0.191 e. The summed E-state index contributed by atoms with van der Waals surface area (Å²) < 4.78 is 1.21. The lowest BCUT2D eigenvalue weighted by molar-refractivity contribution is 0.191. The number of thiophene rings is 1. The van der Waals surface area contributed by atoms with Crippen molar-refractivity contribution in [2.45, 2.75) is 32.3 Å². The van der Waals surface area contributed by atoms with Crippen LogP contribution >= 0.6 is 35.3 Å². The molecule has 0 radical (unpaired) electrons. The molecule has 0 amide bonds. The summed E-state index contributed by atoms with van der Waals surface area (Å²) in [7, 11) is 0. The molecule has 5 nitrogen and oxygen atoms in total. The molecular weight excluding hydrogens is 471 g/mol. The van der Waals surface area contributed by atoms with Crippen LogP contribution in [-0.4, -0.2) is 55.2 Å². The van der Waals surface area contributed by atoms with Gasteiger partial charge in [-0.2, -0.15) is 0 Å². The third-order valence-corrected chi connectivity index (χ3v) is 5.93. The van der Waals surface area contributed by atoms with E-state index in [-0.39, 0.29) is 24.0 Å². The molecule has 7 heteroatoms. The molecule has 1 saturated heterocycles. The standard InChI is InChI=1S/C20H30N4OS.HI/c1-2-21-20(22-10-13-24-11-6-3-7-12-24)23-15-17(25)19-14-16-8-4-5-9-18(16)26-19;/h4-5,8-9,14,17,25H,2-3,6-7,10-13,15H2,1H3,(H2,21,22,23);1H. The Kier molecular flexibility index (Phi) is 9.81. The number of guanidine groups is 1. The van der Waals surface area contributed by atoms with Gasteiger partial charge in [-0.15, -0.1) is 35.3 Å². The van der Waals surface area contributed by atoms with Crippen LogP contribution in [0.4, 0.5) is 0 Å². The number of benzene rings is 1. The number of aliphatic imine (C=N–C) groups is 1. The van der Waals surface area contributed by atoms with E-state index in [1.54, 1.807) is 11.3 Å². The van der Waals surface area contributed by atoms with Crippen molar-refractivity contribution in [3.8, 4) is 0 Å². The van der Waals surface area contributed by atoms with E-state index in [0.29, 0.717) is 6.54 Å². The Bertz CT molecular complexity index is 682. The largest absolute Gasteiger partial charge is 0.386 e. The van der Waals surface area contributed by atoms with Crippen LogP contribution in [0.15, 0.2) is 35.3 Å². The van der Waals surface area contributed by atoms with Crippen LogP contribution in [0, 0.1) is 0 Å². The van der Waals surface area contributed by atoms with Gasteiger partial charge in [-0.05, 0) is 50.4 Å².